The van der Waals surface area contributed by atoms with Gasteiger partial charge in [0.05, 0.1) is 6.61 Å². The number of hydrogen-bond donors (Lipinski definition) is 2. The molecule has 0 fully saturated rings. The molecule has 0 radical (unpaired) electrons. The fourth-order valence-electron chi connectivity index (χ4n) is 1.87. The highest BCUT2D eigenvalue weighted by Gasteiger charge is 2.21. The number of hydrogen-bond acceptors (Lipinski definition) is 4. The lowest BCUT2D eigenvalue weighted by atomic mass is 10.2. The van der Waals surface area contributed by atoms with Gasteiger partial charge in [0, 0.05) is 4.88 Å². The van der Waals surface area contributed by atoms with E-state index in [-0.39, 0.29) is 5.91 Å². The van der Waals surface area contributed by atoms with Crippen LogP contribution in [-0.2, 0) is 4.79 Å². The van der Waals surface area contributed by atoms with Gasteiger partial charge >= 0.3 is 0 Å². The van der Waals surface area contributed by atoms with Crippen LogP contribution in [0.2, 0.25) is 0 Å². The van der Waals surface area contributed by atoms with Crippen molar-refractivity contribution in [3.05, 3.63) is 41.3 Å². The van der Waals surface area contributed by atoms with Gasteiger partial charge in [0.15, 0.2) is 0 Å². The van der Waals surface area contributed by atoms with Crippen molar-refractivity contribution in [2.45, 2.75) is 19.9 Å². The van der Waals surface area contributed by atoms with Gasteiger partial charge in [0.25, 0.3) is 5.91 Å². The number of nitrogens with two attached hydrogens (primary N) is 1. The topological polar surface area (TPSA) is 81.4 Å². The second kappa shape index (κ2) is 7.09. The largest absolute Gasteiger partial charge is 0.492 e. The average Bonchev–Trinajstić information content (AvgIpc) is 2.92. The molecular weight excluding hydrogens is 300 g/mol. The monoisotopic (exact) mass is 318 g/mol. The van der Waals surface area contributed by atoms with Gasteiger partial charge in [0.1, 0.15) is 16.7 Å². The Hall–Kier alpha value is -2.34. The summed E-state index contributed by atoms with van der Waals surface area (Å²) in [6.07, 6.45) is 0. The van der Waals surface area contributed by atoms with Gasteiger partial charge in [-0.05, 0) is 25.5 Å². The predicted molar refractivity (Wildman–Crippen MR) is 87.0 cm³/mol. The van der Waals surface area contributed by atoms with E-state index in [1.807, 2.05) is 43.3 Å². The minimum atomic E-state index is -0.732. The summed E-state index contributed by atoms with van der Waals surface area (Å²) in [5.74, 6) is -0.423. The Labute approximate surface area is 133 Å². The van der Waals surface area contributed by atoms with Crippen LogP contribution in [0.1, 0.15) is 23.5 Å². The molecule has 6 heteroatoms. The summed E-state index contributed by atoms with van der Waals surface area (Å²) >= 11 is 1.33. The highest BCUT2D eigenvalue weighted by molar-refractivity contribution is 7.17. The van der Waals surface area contributed by atoms with Gasteiger partial charge in [0.2, 0.25) is 5.91 Å². The van der Waals surface area contributed by atoms with E-state index < -0.39 is 11.9 Å². The zero-order valence-electron chi connectivity index (χ0n) is 12.5. The molecule has 0 unspecified atom stereocenters. The number of primary amides is 1. The molecule has 22 heavy (non-hydrogen) atoms. The van der Waals surface area contributed by atoms with Crippen molar-refractivity contribution >= 4 is 23.2 Å². The van der Waals surface area contributed by atoms with E-state index in [1.165, 1.54) is 11.3 Å². The van der Waals surface area contributed by atoms with Crippen molar-refractivity contribution in [3.8, 4) is 16.2 Å². The van der Waals surface area contributed by atoms with Crippen molar-refractivity contribution in [2.24, 2.45) is 5.73 Å². The lowest BCUT2D eigenvalue weighted by molar-refractivity contribution is -0.119. The van der Waals surface area contributed by atoms with Gasteiger partial charge in [-0.3, -0.25) is 9.59 Å². The molecule has 0 spiro atoms. The Morgan fingerprint density at radius 3 is 2.59 bits per heavy atom. The van der Waals surface area contributed by atoms with E-state index in [0.717, 1.165) is 10.4 Å². The van der Waals surface area contributed by atoms with Gasteiger partial charge in [-0.25, -0.2) is 0 Å². The van der Waals surface area contributed by atoms with Crippen LogP contribution >= 0.6 is 11.3 Å². The molecule has 0 bridgehead atoms. The smallest absolute Gasteiger partial charge is 0.265 e. The summed E-state index contributed by atoms with van der Waals surface area (Å²) in [6, 6.07) is 10.8. The quantitative estimate of drug-likeness (QED) is 0.858. The summed E-state index contributed by atoms with van der Waals surface area (Å²) in [7, 11) is 0. The summed E-state index contributed by atoms with van der Waals surface area (Å²) in [6.45, 7) is 3.86. The lowest BCUT2D eigenvalue weighted by Crippen LogP contribution is -2.42. The van der Waals surface area contributed by atoms with Gasteiger partial charge in [-0.15, -0.1) is 11.3 Å². The van der Waals surface area contributed by atoms with E-state index >= 15 is 0 Å². The first-order valence-electron chi connectivity index (χ1n) is 6.95. The molecule has 3 N–H and O–H groups in total. The van der Waals surface area contributed by atoms with Crippen molar-refractivity contribution in [1.29, 1.82) is 0 Å². The molecule has 5 nitrogen and oxygen atoms in total. The molecule has 1 aromatic heterocycles. The van der Waals surface area contributed by atoms with Crippen molar-refractivity contribution in [2.75, 3.05) is 6.61 Å². The third-order valence-electron chi connectivity index (χ3n) is 3.04. The molecule has 2 amide bonds. The third-order valence-corrected chi connectivity index (χ3v) is 4.20. The van der Waals surface area contributed by atoms with Crippen LogP contribution in [0.5, 0.6) is 5.75 Å². The molecule has 0 aliphatic heterocycles. The highest BCUT2D eigenvalue weighted by atomic mass is 32.1. The number of benzene rings is 1. The predicted octanol–water partition coefficient (Wildman–Crippen LogP) is 2.42. The number of thiophene rings is 1. The zero-order chi connectivity index (χ0) is 16.1. The zero-order valence-corrected chi connectivity index (χ0v) is 13.3. The first-order valence-corrected chi connectivity index (χ1v) is 7.76. The third kappa shape index (κ3) is 3.65. The highest BCUT2D eigenvalue weighted by Crippen LogP contribution is 2.36. The van der Waals surface area contributed by atoms with E-state index in [9.17, 15) is 9.59 Å². The van der Waals surface area contributed by atoms with Gasteiger partial charge < -0.3 is 15.8 Å². The summed E-state index contributed by atoms with van der Waals surface area (Å²) in [5.41, 5.74) is 6.18. The van der Waals surface area contributed by atoms with E-state index in [1.54, 1.807) is 6.92 Å². The number of nitrogens with one attached hydrogen (secondary N) is 1. The molecule has 2 aromatic rings. The van der Waals surface area contributed by atoms with Crippen LogP contribution in [0.25, 0.3) is 10.4 Å². The fraction of sp³-hybridized carbons (Fsp3) is 0.250. The minimum Gasteiger partial charge on any atom is -0.492 e. The van der Waals surface area contributed by atoms with Crippen LogP contribution in [0.3, 0.4) is 0 Å². The van der Waals surface area contributed by atoms with Crippen LogP contribution in [0, 0.1) is 0 Å². The normalized spacial score (nSPS) is 11.7. The molecule has 0 saturated carbocycles. The van der Waals surface area contributed by atoms with Crippen LogP contribution in [0.4, 0.5) is 0 Å². The van der Waals surface area contributed by atoms with Crippen molar-refractivity contribution < 1.29 is 14.3 Å². The Kier molecular flexibility index (Phi) is 5.16. The number of carbonyl (C=O) groups excluding carboxylic acids is 2. The SMILES string of the molecule is CCOc1cc(-c2ccccc2)sc1C(=O)N[C@@H](C)C(N)=O. The molecule has 1 heterocycles. The molecule has 2 rings (SSSR count). The molecule has 0 aliphatic carbocycles. The van der Waals surface area contributed by atoms with E-state index in [2.05, 4.69) is 5.32 Å². The average molecular weight is 318 g/mol. The van der Waals surface area contributed by atoms with Crippen molar-refractivity contribution in [3.63, 3.8) is 0 Å². The summed E-state index contributed by atoms with van der Waals surface area (Å²) < 4.78 is 5.54. The first kappa shape index (κ1) is 16.0. The first-order chi connectivity index (χ1) is 10.5. The molecule has 0 saturated heterocycles. The standard InChI is InChI=1S/C16H18N2O3S/c1-3-21-12-9-13(11-7-5-4-6-8-11)22-14(12)16(20)18-10(2)15(17)19/h4-10H,3H2,1-2H3,(H2,17,19)(H,18,20)/t10-/m0/s1. The molecule has 1 aromatic carbocycles. The van der Waals surface area contributed by atoms with E-state index in [4.69, 9.17) is 10.5 Å². The van der Waals surface area contributed by atoms with E-state index in [0.29, 0.717) is 17.2 Å². The minimum absolute atomic E-state index is 0.359. The lowest BCUT2D eigenvalue weighted by Gasteiger charge is -2.10. The molecule has 0 aliphatic rings. The fourth-order valence-corrected chi connectivity index (χ4v) is 2.88. The molecule has 116 valence electrons. The Bertz CT molecular complexity index is 667. The maximum Gasteiger partial charge on any atom is 0.265 e. The maximum atomic E-state index is 12.3. The van der Waals surface area contributed by atoms with Crippen LogP contribution in [-0.4, -0.2) is 24.5 Å². The molecule has 1 atom stereocenters. The Morgan fingerprint density at radius 1 is 1.32 bits per heavy atom. The second-order valence-electron chi connectivity index (χ2n) is 4.70. The maximum absolute atomic E-state index is 12.3. The van der Waals surface area contributed by atoms with Gasteiger partial charge in [-0.1, -0.05) is 30.3 Å². The van der Waals surface area contributed by atoms with Crippen molar-refractivity contribution in [1.82, 2.24) is 5.32 Å². The molecular formula is C16H18N2O3S. The summed E-state index contributed by atoms with van der Waals surface area (Å²) in [5, 5.41) is 2.58. The number of rotatable bonds is 6. The number of amides is 2. The number of carbonyl (C=O) groups is 2. The Balaban J connectivity index is 2.31. The second-order valence-corrected chi connectivity index (χ2v) is 5.75. The summed E-state index contributed by atoms with van der Waals surface area (Å²) in [4.78, 5) is 24.8. The van der Waals surface area contributed by atoms with Crippen LogP contribution in [0.15, 0.2) is 36.4 Å². The van der Waals surface area contributed by atoms with Gasteiger partial charge in [-0.2, -0.15) is 0 Å². The Morgan fingerprint density at radius 2 is 2.00 bits per heavy atom. The van der Waals surface area contributed by atoms with Crippen LogP contribution < -0.4 is 15.8 Å². The number of ether oxygens (including phenoxy) is 1.